The average Bonchev–Trinajstić information content (AvgIpc) is 2.80. The van der Waals surface area contributed by atoms with E-state index in [1.54, 1.807) is 24.3 Å². The monoisotopic (exact) mass is 288 g/mol. The number of benzene rings is 2. The van der Waals surface area contributed by atoms with Crippen LogP contribution in [-0.2, 0) is 6.54 Å². The van der Waals surface area contributed by atoms with E-state index in [0.29, 0.717) is 16.8 Å². The molecular weight excluding hydrogens is 276 g/mol. The van der Waals surface area contributed by atoms with Gasteiger partial charge in [0.2, 0.25) is 0 Å². The molecule has 0 atom stereocenters. The summed E-state index contributed by atoms with van der Waals surface area (Å²) in [5.74, 6) is -0.508. The topological polar surface area (TPSA) is 50.3 Å². The number of aromatic nitrogens is 1. The van der Waals surface area contributed by atoms with Gasteiger partial charge in [-0.2, -0.15) is 0 Å². The fourth-order valence-corrected chi connectivity index (χ4v) is 2.74. The van der Waals surface area contributed by atoms with E-state index in [1.807, 2.05) is 36.4 Å². The summed E-state index contributed by atoms with van der Waals surface area (Å²) in [4.78, 5) is 30.5. The summed E-state index contributed by atoms with van der Waals surface area (Å²) in [6.45, 7) is 0.192. The van der Waals surface area contributed by atoms with E-state index in [9.17, 15) is 9.59 Å². The number of rotatable bonds is 2. The summed E-state index contributed by atoms with van der Waals surface area (Å²) in [5, 5.41) is 1.04. The summed E-state index contributed by atoms with van der Waals surface area (Å²) in [6.07, 6.45) is 0. The van der Waals surface area contributed by atoms with E-state index in [-0.39, 0.29) is 18.4 Å². The summed E-state index contributed by atoms with van der Waals surface area (Å²) >= 11 is 0. The van der Waals surface area contributed by atoms with Crippen LogP contribution >= 0.6 is 0 Å². The molecule has 0 radical (unpaired) electrons. The number of nitrogens with zero attached hydrogens (tertiary/aromatic N) is 2. The molecular formula is C18H12N2O2. The molecule has 2 amide bonds. The lowest BCUT2D eigenvalue weighted by Gasteiger charge is -2.13. The molecule has 2 heterocycles. The first-order valence-corrected chi connectivity index (χ1v) is 7.04. The van der Waals surface area contributed by atoms with Crippen molar-refractivity contribution in [1.29, 1.82) is 0 Å². The molecule has 0 fully saturated rings. The minimum absolute atomic E-state index is 0.192. The van der Waals surface area contributed by atoms with Gasteiger partial charge in [-0.3, -0.25) is 19.5 Å². The van der Waals surface area contributed by atoms with Gasteiger partial charge in [0, 0.05) is 5.39 Å². The van der Waals surface area contributed by atoms with Crippen LogP contribution in [0.5, 0.6) is 0 Å². The number of imide groups is 1. The van der Waals surface area contributed by atoms with Gasteiger partial charge in [-0.15, -0.1) is 0 Å². The zero-order valence-corrected chi connectivity index (χ0v) is 11.7. The van der Waals surface area contributed by atoms with Crippen LogP contribution in [0.3, 0.4) is 0 Å². The van der Waals surface area contributed by atoms with Crippen LogP contribution in [0.25, 0.3) is 10.9 Å². The molecule has 106 valence electrons. The van der Waals surface area contributed by atoms with Crippen molar-refractivity contribution < 1.29 is 9.59 Å². The molecule has 4 rings (SSSR count). The molecule has 2 aromatic carbocycles. The Hall–Kier alpha value is -3.01. The van der Waals surface area contributed by atoms with Gasteiger partial charge in [-0.25, -0.2) is 0 Å². The van der Waals surface area contributed by atoms with E-state index >= 15 is 0 Å². The van der Waals surface area contributed by atoms with Crippen LogP contribution in [0.2, 0.25) is 0 Å². The van der Waals surface area contributed by atoms with E-state index in [1.165, 1.54) is 4.90 Å². The zero-order chi connectivity index (χ0) is 15.1. The maximum Gasteiger partial charge on any atom is 0.261 e. The largest absolute Gasteiger partial charge is 0.269 e. The van der Waals surface area contributed by atoms with Crippen molar-refractivity contribution in [3.63, 3.8) is 0 Å². The third-order valence-corrected chi connectivity index (χ3v) is 3.85. The Kier molecular flexibility index (Phi) is 2.76. The number of pyridine rings is 1. The normalized spacial score (nSPS) is 13.7. The molecule has 0 bridgehead atoms. The molecule has 3 aromatic rings. The van der Waals surface area contributed by atoms with Crippen molar-refractivity contribution in [3.8, 4) is 0 Å². The molecule has 1 aliphatic heterocycles. The highest BCUT2D eigenvalue weighted by Gasteiger charge is 2.35. The molecule has 0 spiro atoms. The zero-order valence-electron chi connectivity index (χ0n) is 11.7. The number of hydrogen-bond donors (Lipinski definition) is 0. The number of hydrogen-bond acceptors (Lipinski definition) is 3. The molecule has 1 aromatic heterocycles. The SMILES string of the molecule is O=C1c2ccccc2C(=O)N1Cc1ccc2ccccc2n1. The van der Waals surface area contributed by atoms with Crippen LogP contribution < -0.4 is 0 Å². The first-order valence-electron chi connectivity index (χ1n) is 7.04. The summed E-state index contributed by atoms with van der Waals surface area (Å²) < 4.78 is 0. The molecule has 4 nitrogen and oxygen atoms in total. The highest BCUT2D eigenvalue weighted by atomic mass is 16.2. The van der Waals surface area contributed by atoms with Crippen LogP contribution in [0, 0.1) is 0 Å². The average molecular weight is 288 g/mol. The third kappa shape index (κ3) is 1.89. The quantitative estimate of drug-likeness (QED) is 0.681. The lowest BCUT2D eigenvalue weighted by atomic mass is 10.1. The predicted octanol–water partition coefficient (Wildman–Crippen LogP) is 3.03. The Balaban J connectivity index is 1.69. The van der Waals surface area contributed by atoms with Gasteiger partial charge in [-0.1, -0.05) is 36.4 Å². The van der Waals surface area contributed by atoms with Crippen molar-refractivity contribution >= 4 is 22.7 Å². The molecule has 1 aliphatic rings. The maximum absolute atomic E-state index is 12.4. The van der Waals surface area contributed by atoms with E-state index < -0.39 is 0 Å². The summed E-state index contributed by atoms with van der Waals surface area (Å²) in [7, 11) is 0. The van der Waals surface area contributed by atoms with Gasteiger partial charge in [0.25, 0.3) is 11.8 Å². The first kappa shape index (κ1) is 12.7. The van der Waals surface area contributed by atoms with Crippen molar-refractivity contribution in [2.75, 3.05) is 0 Å². The lowest BCUT2D eigenvalue weighted by Crippen LogP contribution is -2.29. The van der Waals surface area contributed by atoms with Crippen LogP contribution in [-0.4, -0.2) is 21.7 Å². The number of amides is 2. The Morgan fingerprint density at radius 3 is 2.14 bits per heavy atom. The maximum atomic E-state index is 12.4. The Labute approximate surface area is 127 Å². The minimum Gasteiger partial charge on any atom is -0.269 e. The second-order valence-electron chi connectivity index (χ2n) is 5.24. The lowest BCUT2D eigenvalue weighted by molar-refractivity contribution is 0.0640. The van der Waals surface area contributed by atoms with Gasteiger partial charge in [0.1, 0.15) is 0 Å². The van der Waals surface area contributed by atoms with Crippen LogP contribution in [0.1, 0.15) is 26.4 Å². The fourth-order valence-electron chi connectivity index (χ4n) is 2.74. The van der Waals surface area contributed by atoms with Crippen molar-refractivity contribution in [3.05, 3.63) is 77.5 Å². The van der Waals surface area contributed by atoms with Gasteiger partial charge >= 0.3 is 0 Å². The summed E-state index contributed by atoms with van der Waals surface area (Å²) in [6, 6.07) is 18.5. The van der Waals surface area contributed by atoms with Crippen LogP contribution in [0.4, 0.5) is 0 Å². The summed E-state index contributed by atoms with van der Waals surface area (Å²) in [5.41, 5.74) is 2.49. The van der Waals surface area contributed by atoms with Crippen molar-refractivity contribution in [2.24, 2.45) is 0 Å². The van der Waals surface area contributed by atoms with Gasteiger partial charge in [0.05, 0.1) is 28.9 Å². The van der Waals surface area contributed by atoms with Crippen molar-refractivity contribution in [2.45, 2.75) is 6.54 Å². The van der Waals surface area contributed by atoms with Crippen molar-refractivity contribution in [1.82, 2.24) is 9.88 Å². The molecule has 0 aliphatic carbocycles. The molecule has 22 heavy (non-hydrogen) atoms. The highest BCUT2D eigenvalue weighted by molar-refractivity contribution is 6.21. The number of para-hydroxylation sites is 1. The van der Waals surface area contributed by atoms with E-state index in [0.717, 1.165) is 10.9 Å². The van der Waals surface area contributed by atoms with Gasteiger partial charge < -0.3 is 0 Å². The third-order valence-electron chi connectivity index (χ3n) is 3.85. The van der Waals surface area contributed by atoms with E-state index in [4.69, 9.17) is 0 Å². The number of carbonyl (C=O) groups excluding carboxylic acids is 2. The number of carbonyl (C=O) groups is 2. The smallest absolute Gasteiger partial charge is 0.261 e. The van der Waals surface area contributed by atoms with Gasteiger partial charge in [-0.05, 0) is 24.3 Å². The predicted molar refractivity (Wildman–Crippen MR) is 82.4 cm³/mol. The minimum atomic E-state index is -0.254. The molecule has 0 unspecified atom stereocenters. The molecule has 0 N–H and O–H groups in total. The molecule has 0 saturated heterocycles. The van der Waals surface area contributed by atoms with Gasteiger partial charge in [0.15, 0.2) is 0 Å². The highest BCUT2D eigenvalue weighted by Crippen LogP contribution is 2.24. The Morgan fingerprint density at radius 1 is 0.773 bits per heavy atom. The Morgan fingerprint density at radius 2 is 1.41 bits per heavy atom. The first-order chi connectivity index (χ1) is 10.7. The van der Waals surface area contributed by atoms with E-state index in [2.05, 4.69) is 4.98 Å². The second-order valence-corrected chi connectivity index (χ2v) is 5.24. The van der Waals surface area contributed by atoms with Crippen LogP contribution in [0.15, 0.2) is 60.7 Å². The molecule has 0 saturated carbocycles. The number of fused-ring (bicyclic) bond motifs is 2. The second kappa shape index (κ2) is 4.77. The Bertz CT molecular complexity index is 883. The standard InChI is InChI=1S/C18H12N2O2/c21-17-14-6-2-3-7-15(14)18(22)20(17)11-13-10-9-12-5-1-4-8-16(12)19-13/h1-10H,11H2. The fraction of sp³-hybridized carbons (Fsp3) is 0.0556. The molecule has 4 heteroatoms.